The second-order valence-electron chi connectivity index (χ2n) is 3.52. The number of carbonyl (C=O) groups is 1. The van der Waals surface area contributed by atoms with Gasteiger partial charge in [0.15, 0.2) is 0 Å². The zero-order chi connectivity index (χ0) is 9.14. The van der Waals surface area contributed by atoms with E-state index in [9.17, 15) is 4.79 Å². The molecule has 0 saturated carbocycles. The smallest absolute Gasteiger partial charge is 0.225 e. The van der Waals surface area contributed by atoms with Crippen LogP contribution in [0.25, 0.3) is 0 Å². The van der Waals surface area contributed by atoms with Gasteiger partial charge < -0.3 is 5.32 Å². The molecule has 0 radical (unpaired) electrons. The van der Waals surface area contributed by atoms with Gasteiger partial charge in [0.2, 0.25) is 5.91 Å². The van der Waals surface area contributed by atoms with E-state index < -0.39 is 0 Å². The maximum absolute atomic E-state index is 11.1. The minimum absolute atomic E-state index is 0.189. The summed E-state index contributed by atoms with van der Waals surface area (Å²) in [5.74, 6) is 0.429. The number of amides is 1. The summed E-state index contributed by atoms with van der Waals surface area (Å²) in [7, 11) is 1.70. The van der Waals surface area contributed by atoms with Crippen LogP contribution >= 0.6 is 0 Å². The van der Waals surface area contributed by atoms with Crippen molar-refractivity contribution in [2.24, 2.45) is 5.92 Å². The fourth-order valence-corrected chi connectivity index (χ4v) is 1.50. The molecule has 1 unspecified atom stereocenters. The first kappa shape index (κ1) is 9.52. The van der Waals surface area contributed by atoms with E-state index in [4.69, 9.17) is 0 Å². The molecule has 0 aromatic heterocycles. The maximum atomic E-state index is 11.1. The maximum Gasteiger partial charge on any atom is 0.225 e. The average Bonchev–Trinajstić information content (AvgIpc) is 2.01. The number of nitrogens with one attached hydrogen (secondary N) is 1. The standard InChI is InChI=1S/C9H18N2O/c1-4-7(2)11-5-8(6-11)9(12)10-3/h7-8H,4-6H2,1-3H3,(H,10,12). The Hall–Kier alpha value is -0.570. The van der Waals surface area contributed by atoms with E-state index in [0.29, 0.717) is 6.04 Å². The summed E-state index contributed by atoms with van der Waals surface area (Å²) in [5.41, 5.74) is 0. The summed E-state index contributed by atoms with van der Waals surface area (Å²) in [4.78, 5) is 13.5. The predicted molar refractivity (Wildman–Crippen MR) is 48.9 cm³/mol. The van der Waals surface area contributed by atoms with Crippen molar-refractivity contribution >= 4 is 5.91 Å². The van der Waals surface area contributed by atoms with Crippen molar-refractivity contribution in [1.29, 1.82) is 0 Å². The van der Waals surface area contributed by atoms with Gasteiger partial charge in [0, 0.05) is 26.2 Å². The average molecular weight is 170 g/mol. The predicted octanol–water partition coefficient (Wildman–Crippen LogP) is 0.463. The van der Waals surface area contributed by atoms with Gasteiger partial charge in [-0.3, -0.25) is 9.69 Å². The summed E-state index contributed by atoms with van der Waals surface area (Å²) in [5, 5.41) is 2.68. The normalized spacial score (nSPS) is 21.6. The second kappa shape index (κ2) is 3.90. The lowest BCUT2D eigenvalue weighted by atomic mass is 9.96. The van der Waals surface area contributed by atoms with Crippen molar-refractivity contribution in [3.63, 3.8) is 0 Å². The highest BCUT2D eigenvalue weighted by atomic mass is 16.1. The third-order valence-electron chi connectivity index (χ3n) is 2.74. The van der Waals surface area contributed by atoms with E-state index >= 15 is 0 Å². The molecule has 3 heteroatoms. The summed E-state index contributed by atoms with van der Waals surface area (Å²) in [6.07, 6.45) is 1.17. The van der Waals surface area contributed by atoms with E-state index in [1.807, 2.05) is 0 Å². The first-order valence-corrected chi connectivity index (χ1v) is 4.64. The Bertz CT molecular complexity index is 164. The van der Waals surface area contributed by atoms with Crippen LogP contribution in [0.15, 0.2) is 0 Å². The SMILES string of the molecule is CCC(C)N1CC(C(=O)NC)C1. The molecule has 3 nitrogen and oxygen atoms in total. The fourth-order valence-electron chi connectivity index (χ4n) is 1.50. The summed E-state index contributed by atoms with van der Waals surface area (Å²) < 4.78 is 0. The highest BCUT2D eigenvalue weighted by Crippen LogP contribution is 2.19. The molecule has 0 spiro atoms. The topological polar surface area (TPSA) is 32.3 Å². The molecule has 1 saturated heterocycles. The number of likely N-dealkylation sites (tertiary alicyclic amines) is 1. The van der Waals surface area contributed by atoms with Crippen LogP contribution in [0.2, 0.25) is 0 Å². The van der Waals surface area contributed by atoms with Crippen LogP contribution in [0.1, 0.15) is 20.3 Å². The molecule has 1 fully saturated rings. The highest BCUT2D eigenvalue weighted by molar-refractivity contribution is 5.79. The summed E-state index contributed by atoms with van der Waals surface area (Å²) in [6, 6.07) is 0.630. The Morgan fingerprint density at radius 3 is 2.67 bits per heavy atom. The first-order valence-electron chi connectivity index (χ1n) is 4.64. The van der Waals surface area contributed by atoms with Crippen LogP contribution in [-0.2, 0) is 4.79 Å². The minimum Gasteiger partial charge on any atom is -0.359 e. The molecule has 1 rings (SSSR count). The molecular weight excluding hydrogens is 152 g/mol. The number of hydrogen-bond donors (Lipinski definition) is 1. The van der Waals surface area contributed by atoms with Gasteiger partial charge in [0.1, 0.15) is 0 Å². The number of hydrogen-bond acceptors (Lipinski definition) is 2. The quantitative estimate of drug-likeness (QED) is 0.667. The van der Waals surface area contributed by atoms with Gasteiger partial charge >= 0.3 is 0 Å². The number of rotatable bonds is 3. The molecule has 1 atom stereocenters. The van der Waals surface area contributed by atoms with Crippen molar-refractivity contribution in [1.82, 2.24) is 10.2 Å². The van der Waals surface area contributed by atoms with Crippen LogP contribution in [0.4, 0.5) is 0 Å². The van der Waals surface area contributed by atoms with Crippen LogP contribution in [-0.4, -0.2) is 37.0 Å². The third-order valence-corrected chi connectivity index (χ3v) is 2.74. The molecule has 0 bridgehead atoms. The molecule has 0 aliphatic carbocycles. The van der Waals surface area contributed by atoms with Crippen molar-refractivity contribution in [3.05, 3.63) is 0 Å². The molecule has 0 aromatic rings. The van der Waals surface area contributed by atoms with E-state index in [2.05, 4.69) is 24.1 Å². The molecule has 1 heterocycles. The largest absolute Gasteiger partial charge is 0.359 e. The van der Waals surface area contributed by atoms with Crippen LogP contribution in [0.3, 0.4) is 0 Å². The zero-order valence-corrected chi connectivity index (χ0v) is 8.13. The molecule has 1 amide bonds. The molecule has 1 aliphatic rings. The molecule has 12 heavy (non-hydrogen) atoms. The monoisotopic (exact) mass is 170 g/mol. The van der Waals surface area contributed by atoms with Crippen LogP contribution in [0.5, 0.6) is 0 Å². The third kappa shape index (κ3) is 1.78. The van der Waals surface area contributed by atoms with E-state index in [1.165, 1.54) is 6.42 Å². The van der Waals surface area contributed by atoms with Gasteiger partial charge in [-0.15, -0.1) is 0 Å². The van der Waals surface area contributed by atoms with Crippen molar-refractivity contribution in [2.75, 3.05) is 20.1 Å². The second-order valence-corrected chi connectivity index (χ2v) is 3.52. The van der Waals surface area contributed by atoms with Crippen molar-refractivity contribution in [3.8, 4) is 0 Å². The summed E-state index contributed by atoms with van der Waals surface area (Å²) >= 11 is 0. The van der Waals surface area contributed by atoms with Gasteiger partial charge in [-0.25, -0.2) is 0 Å². The van der Waals surface area contributed by atoms with Gasteiger partial charge in [0.25, 0.3) is 0 Å². The lowest BCUT2D eigenvalue weighted by molar-refractivity contribution is -0.130. The Morgan fingerprint density at radius 2 is 2.25 bits per heavy atom. The number of carbonyl (C=O) groups excluding carboxylic acids is 1. The first-order chi connectivity index (χ1) is 5.69. The van der Waals surface area contributed by atoms with Crippen LogP contribution in [0, 0.1) is 5.92 Å². The lowest BCUT2D eigenvalue weighted by Gasteiger charge is -2.41. The Morgan fingerprint density at radius 1 is 1.67 bits per heavy atom. The van der Waals surface area contributed by atoms with E-state index in [1.54, 1.807) is 7.05 Å². The molecule has 1 N–H and O–H groups in total. The Balaban J connectivity index is 2.23. The van der Waals surface area contributed by atoms with Crippen LogP contribution < -0.4 is 5.32 Å². The zero-order valence-electron chi connectivity index (χ0n) is 8.13. The Labute approximate surface area is 74.1 Å². The van der Waals surface area contributed by atoms with Gasteiger partial charge in [-0.2, -0.15) is 0 Å². The summed E-state index contributed by atoms with van der Waals surface area (Å²) in [6.45, 7) is 6.27. The molecule has 0 aromatic carbocycles. The fraction of sp³-hybridized carbons (Fsp3) is 0.889. The Kier molecular flexibility index (Phi) is 3.09. The van der Waals surface area contributed by atoms with E-state index in [0.717, 1.165) is 13.1 Å². The molecular formula is C9H18N2O. The van der Waals surface area contributed by atoms with Gasteiger partial charge in [0.05, 0.1) is 5.92 Å². The highest BCUT2D eigenvalue weighted by Gasteiger charge is 2.33. The number of nitrogens with zero attached hydrogens (tertiary/aromatic N) is 1. The minimum atomic E-state index is 0.189. The van der Waals surface area contributed by atoms with Gasteiger partial charge in [-0.1, -0.05) is 6.92 Å². The molecule has 1 aliphatic heterocycles. The lowest BCUT2D eigenvalue weighted by Crippen LogP contribution is -2.55. The molecule has 70 valence electrons. The van der Waals surface area contributed by atoms with Crippen molar-refractivity contribution in [2.45, 2.75) is 26.3 Å². The van der Waals surface area contributed by atoms with Gasteiger partial charge in [-0.05, 0) is 13.3 Å². The van der Waals surface area contributed by atoms with Crippen molar-refractivity contribution < 1.29 is 4.79 Å². The van der Waals surface area contributed by atoms with E-state index in [-0.39, 0.29) is 11.8 Å².